The van der Waals surface area contributed by atoms with Crippen LogP contribution in [0.4, 0.5) is 24.8 Å². The van der Waals surface area contributed by atoms with Crippen molar-refractivity contribution in [2.24, 2.45) is 5.92 Å². The molecule has 2 aliphatic rings. The Morgan fingerprint density at radius 1 is 1.24 bits per heavy atom. The lowest BCUT2D eigenvalue weighted by Crippen LogP contribution is -2.49. The molecular formula is C24H21ClF3N7O2. The van der Waals surface area contributed by atoms with Crippen LogP contribution in [0, 0.1) is 5.92 Å². The summed E-state index contributed by atoms with van der Waals surface area (Å²) in [6, 6.07) is 7.65. The van der Waals surface area contributed by atoms with Crippen molar-refractivity contribution in [3.05, 3.63) is 53.4 Å². The summed E-state index contributed by atoms with van der Waals surface area (Å²) in [5, 5.41) is 14.9. The van der Waals surface area contributed by atoms with Crippen molar-refractivity contribution in [2.45, 2.75) is 43.9 Å². The molecule has 6 rings (SSSR count). The fourth-order valence-electron chi connectivity index (χ4n) is 5.41. The van der Waals surface area contributed by atoms with E-state index in [0.29, 0.717) is 23.4 Å². The van der Waals surface area contributed by atoms with E-state index in [9.17, 15) is 23.1 Å². The third-order valence-electron chi connectivity index (χ3n) is 7.11. The number of benzene rings is 1. The summed E-state index contributed by atoms with van der Waals surface area (Å²) in [4.78, 5) is 27.2. The number of fused-ring (bicyclic) bond motifs is 4. The maximum atomic E-state index is 13.4. The van der Waals surface area contributed by atoms with E-state index in [-0.39, 0.29) is 46.2 Å². The summed E-state index contributed by atoms with van der Waals surface area (Å²) in [6.07, 6.45) is -3.00. The van der Waals surface area contributed by atoms with Crippen molar-refractivity contribution >= 4 is 51.1 Å². The van der Waals surface area contributed by atoms with Crippen molar-refractivity contribution in [3.8, 4) is 0 Å². The van der Waals surface area contributed by atoms with E-state index < -0.39 is 24.0 Å². The minimum Gasteiger partial charge on any atom is -0.383 e. The average Bonchev–Trinajstić information content (AvgIpc) is 3.38. The fraction of sp³-hybridized carbons (Fsp3) is 0.333. The van der Waals surface area contributed by atoms with Crippen LogP contribution in [0.15, 0.2) is 42.7 Å². The first kappa shape index (κ1) is 23.9. The molecule has 9 nitrogen and oxygen atoms in total. The number of hydrogen-bond donors (Lipinski definition) is 3. The quantitative estimate of drug-likeness (QED) is 0.336. The van der Waals surface area contributed by atoms with Crippen LogP contribution < -0.4 is 11.1 Å². The smallest absolute Gasteiger partial charge is 0.383 e. The second-order valence-corrected chi connectivity index (χ2v) is 9.76. The van der Waals surface area contributed by atoms with Gasteiger partial charge >= 0.3 is 6.18 Å². The number of hydrogen-bond acceptors (Lipinski definition) is 7. The molecule has 1 aliphatic carbocycles. The Morgan fingerprint density at radius 2 is 2.05 bits per heavy atom. The van der Waals surface area contributed by atoms with Gasteiger partial charge in [0.1, 0.15) is 35.0 Å². The molecule has 4 heterocycles. The van der Waals surface area contributed by atoms with Gasteiger partial charge in [-0.3, -0.25) is 9.69 Å². The maximum absolute atomic E-state index is 13.4. The van der Waals surface area contributed by atoms with Gasteiger partial charge in [0.15, 0.2) is 0 Å². The molecule has 4 N–H and O–H groups in total. The van der Waals surface area contributed by atoms with Gasteiger partial charge in [-0.25, -0.2) is 15.0 Å². The van der Waals surface area contributed by atoms with Gasteiger partial charge in [0.2, 0.25) is 5.91 Å². The predicted molar refractivity (Wildman–Crippen MR) is 130 cm³/mol. The van der Waals surface area contributed by atoms with Crippen LogP contribution in [0.25, 0.3) is 21.9 Å². The number of nitrogens with one attached hydrogen (secondary N) is 1. The predicted octanol–water partition coefficient (Wildman–Crippen LogP) is 3.65. The molecule has 3 aromatic heterocycles. The van der Waals surface area contributed by atoms with Crippen molar-refractivity contribution in [2.75, 3.05) is 11.1 Å². The lowest BCUT2D eigenvalue weighted by atomic mass is 10.1. The molecule has 13 heteroatoms. The van der Waals surface area contributed by atoms with E-state index in [4.69, 9.17) is 17.3 Å². The molecule has 2 unspecified atom stereocenters. The highest BCUT2D eigenvalue weighted by molar-refractivity contribution is 6.29. The highest BCUT2D eigenvalue weighted by Crippen LogP contribution is 2.49. The summed E-state index contributed by atoms with van der Waals surface area (Å²) in [6.45, 7) is -0.0375. The first-order chi connectivity index (χ1) is 17.6. The maximum Gasteiger partial charge on any atom is 0.416 e. The van der Waals surface area contributed by atoms with E-state index in [0.717, 1.165) is 18.6 Å². The van der Waals surface area contributed by atoms with E-state index in [2.05, 4.69) is 20.3 Å². The topological polar surface area (TPSA) is 122 Å². The molecule has 1 aliphatic heterocycles. The molecule has 192 valence electrons. The number of rotatable bonds is 5. The van der Waals surface area contributed by atoms with Crippen LogP contribution in [0.1, 0.15) is 18.4 Å². The van der Waals surface area contributed by atoms with Crippen LogP contribution in [0.5, 0.6) is 0 Å². The highest BCUT2D eigenvalue weighted by Gasteiger charge is 2.56. The summed E-state index contributed by atoms with van der Waals surface area (Å²) in [7, 11) is 0. The number of halogens is 4. The number of piperidine rings is 1. The SMILES string of the molecule is Nc1ncnc2c1c1cc(C(F)(F)F)ccc1n2CC(O)N1C2C[C@@H]2C[C@H]1C(=O)Nc1cccc(Cl)n1. The van der Waals surface area contributed by atoms with Crippen molar-refractivity contribution in [1.29, 1.82) is 0 Å². The van der Waals surface area contributed by atoms with E-state index >= 15 is 0 Å². The molecule has 1 amide bonds. The van der Waals surface area contributed by atoms with Crippen LogP contribution in [-0.4, -0.2) is 53.7 Å². The van der Waals surface area contributed by atoms with Gasteiger partial charge in [-0.15, -0.1) is 0 Å². The number of carbonyl (C=O) groups excluding carboxylic acids is 1. The van der Waals surface area contributed by atoms with Crippen LogP contribution in [0.3, 0.4) is 0 Å². The van der Waals surface area contributed by atoms with E-state index in [1.54, 1.807) is 27.7 Å². The minimum absolute atomic E-state index is 0.0303. The monoisotopic (exact) mass is 531 g/mol. The number of aliphatic hydroxyl groups is 1. The van der Waals surface area contributed by atoms with Gasteiger partial charge in [-0.2, -0.15) is 13.2 Å². The zero-order valence-electron chi connectivity index (χ0n) is 19.2. The molecule has 4 atom stereocenters. The Morgan fingerprint density at radius 3 is 2.81 bits per heavy atom. The Kier molecular flexibility index (Phi) is 5.51. The van der Waals surface area contributed by atoms with E-state index in [1.165, 1.54) is 12.4 Å². The number of nitrogens with two attached hydrogens (primary N) is 1. The standard InChI is InChI=1S/C24H21ClF3N7O2/c25-17-2-1-3-18(32-17)33-23(37)16-7-11-6-15(11)35(16)19(36)9-34-14-5-4-12(24(26,27)28)8-13(14)20-21(29)30-10-31-22(20)34/h1-5,8,10-11,15-16,19,36H,6-7,9H2,(H2,29,30,31)(H,32,33,37)/t11-,15?,16+,19?/m1/s1. The molecule has 1 aromatic carbocycles. The number of nitrogens with zero attached hydrogens (tertiary/aromatic N) is 5. The van der Waals surface area contributed by atoms with Crippen molar-refractivity contribution in [1.82, 2.24) is 24.4 Å². The lowest BCUT2D eigenvalue weighted by molar-refractivity contribution is -0.137. The molecule has 2 fully saturated rings. The first-order valence-corrected chi connectivity index (χ1v) is 12.0. The number of aliphatic hydroxyl groups excluding tert-OH is 1. The molecule has 0 bridgehead atoms. The number of likely N-dealkylation sites (tertiary alicyclic amines) is 1. The Labute approximate surface area is 213 Å². The number of carbonyl (C=O) groups is 1. The Hall–Kier alpha value is -3.48. The third kappa shape index (κ3) is 4.14. The Bertz CT molecular complexity index is 1540. The molecule has 0 radical (unpaired) electrons. The van der Waals surface area contributed by atoms with Crippen molar-refractivity contribution in [3.63, 3.8) is 0 Å². The summed E-state index contributed by atoms with van der Waals surface area (Å²) >= 11 is 5.92. The van der Waals surface area contributed by atoms with Gasteiger partial charge in [0.25, 0.3) is 0 Å². The second-order valence-electron chi connectivity index (χ2n) is 9.38. The zero-order chi connectivity index (χ0) is 26.1. The van der Waals surface area contributed by atoms with E-state index in [1.807, 2.05) is 0 Å². The zero-order valence-corrected chi connectivity index (χ0v) is 19.9. The molecule has 37 heavy (non-hydrogen) atoms. The number of nitrogen functional groups attached to an aromatic ring is 1. The van der Waals surface area contributed by atoms with Gasteiger partial charge in [-0.1, -0.05) is 17.7 Å². The average molecular weight is 532 g/mol. The minimum atomic E-state index is -4.54. The Balaban J connectivity index is 1.34. The number of anilines is 2. The molecule has 1 saturated heterocycles. The van der Waals surface area contributed by atoms with Crippen LogP contribution >= 0.6 is 11.6 Å². The fourth-order valence-corrected chi connectivity index (χ4v) is 5.57. The van der Waals surface area contributed by atoms with Gasteiger partial charge in [0.05, 0.1) is 29.1 Å². The third-order valence-corrected chi connectivity index (χ3v) is 7.32. The highest BCUT2D eigenvalue weighted by atomic mass is 35.5. The number of pyridine rings is 1. The summed E-state index contributed by atoms with van der Waals surface area (Å²) in [5.41, 5.74) is 5.93. The lowest BCUT2D eigenvalue weighted by Gasteiger charge is -2.31. The summed E-state index contributed by atoms with van der Waals surface area (Å²) in [5.74, 6) is 0.313. The molecular weight excluding hydrogens is 511 g/mol. The van der Waals surface area contributed by atoms with Crippen LogP contribution in [0.2, 0.25) is 5.15 Å². The van der Waals surface area contributed by atoms with Gasteiger partial charge in [0, 0.05) is 11.4 Å². The first-order valence-electron chi connectivity index (χ1n) is 11.6. The largest absolute Gasteiger partial charge is 0.416 e. The number of aromatic nitrogens is 4. The van der Waals surface area contributed by atoms with Crippen LogP contribution in [-0.2, 0) is 17.5 Å². The number of amides is 1. The molecule has 4 aromatic rings. The summed E-state index contributed by atoms with van der Waals surface area (Å²) < 4.78 is 41.9. The number of alkyl halides is 3. The van der Waals surface area contributed by atoms with Crippen molar-refractivity contribution < 1.29 is 23.1 Å². The normalized spacial score (nSPS) is 22.4. The van der Waals surface area contributed by atoms with Gasteiger partial charge < -0.3 is 20.7 Å². The molecule has 1 saturated carbocycles. The molecule has 0 spiro atoms. The van der Waals surface area contributed by atoms with Gasteiger partial charge in [-0.05, 0) is 49.1 Å². The second kappa shape index (κ2) is 8.54.